The zero-order chi connectivity index (χ0) is 13.8. The highest BCUT2D eigenvalue weighted by Gasteiger charge is 2.29. The van der Waals surface area contributed by atoms with Crippen LogP contribution in [-0.4, -0.2) is 45.5 Å². The van der Waals surface area contributed by atoms with Gasteiger partial charge in [0.25, 0.3) is 0 Å². The summed E-state index contributed by atoms with van der Waals surface area (Å²) >= 11 is 0. The molecule has 0 amide bonds. The number of rotatable bonds is 3. The number of amidine groups is 1. The fourth-order valence-electron chi connectivity index (χ4n) is 2.54. The van der Waals surface area contributed by atoms with Crippen molar-refractivity contribution >= 4 is 11.7 Å². The molecule has 1 fully saturated rings. The predicted octanol–water partition coefficient (Wildman–Crippen LogP) is 0.311. The molecular formula is C12H19N5O2. The van der Waals surface area contributed by atoms with Gasteiger partial charge in [0.2, 0.25) is 0 Å². The molecule has 2 atom stereocenters. The molecule has 0 bridgehead atoms. The molecule has 0 spiro atoms. The molecule has 0 aliphatic heterocycles. The monoisotopic (exact) mass is 265 g/mol. The molecule has 1 saturated carbocycles. The van der Waals surface area contributed by atoms with Crippen LogP contribution in [0.25, 0.3) is 0 Å². The average molecular weight is 265 g/mol. The van der Waals surface area contributed by atoms with Crippen molar-refractivity contribution in [2.24, 2.45) is 10.9 Å². The highest BCUT2D eigenvalue weighted by molar-refractivity contribution is 6.01. The Balaban J connectivity index is 2.30. The molecule has 7 heteroatoms. The Morgan fingerprint density at radius 3 is 2.89 bits per heavy atom. The minimum Gasteiger partial charge on any atom is -0.409 e. The van der Waals surface area contributed by atoms with E-state index in [1.54, 1.807) is 6.07 Å². The van der Waals surface area contributed by atoms with Crippen LogP contribution < -0.4 is 10.6 Å². The molecule has 1 aliphatic rings. The molecule has 4 N–H and O–H groups in total. The van der Waals surface area contributed by atoms with Gasteiger partial charge in [0.15, 0.2) is 11.7 Å². The van der Waals surface area contributed by atoms with E-state index >= 15 is 0 Å². The van der Waals surface area contributed by atoms with Crippen LogP contribution in [0.2, 0.25) is 0 Å². The van der Waals surface area contributed by atoms with E-state index in [9.17, 15) is 5.11 Å². The Labute approximate surface area is 111 Å². The van der Waals surface area contributed by atoms with Gasteiger partial charge in [-0.25, -0.2) is 0 Å². The van der Waals surface area contributed by atoms with Gasteiger partial charge in [-0.05, 0) is 18.9 Å². The van der Waals surface area contributed by atoms with Crippen molar-refractivity contribution in [3.8, 4) is 0 Å². The van der Waals surface area contributed by atoms with Crippen molar-refractivity contribution in [2.45, 2.75) is 37.8 Å². The van der Waals surface area contributed by atoms with Crippen molar-refractivity contribution in [3.05, 3.63) is 17.8 Å². The molecule has 0 radical (unpaired) electrons. The number of nitrogens with zero attached hydrogens (tertiary/aromatic N) is 4. The SMILES string of the molecule is CN(c1nnccc1/C(N)=N/O)C1CCCCC1O. The molecule has 1 aromatic heterocycles. The number of aromatic nitrogens is 2. The van der Waals surface area contributed by atoms with E-state index in [2.05, 4.69) is 15.4 Å². The van der Waals surface area contributed by atoms with Crippen LogP contribution >= 0.6 is 0 Å². The highest BCUT2D eigenvalue weighted by Crippen LogP contribution is 2.26. The molecular weight excluding hydrogens is 246 g/mol. The van der Waals surface area contributed by atoms with Gasteiger partial charge in [-0.1, -0.05) is 18.0 Å². The summed E-state index contributed by atoms with van der Waals surface area (Å²) in [6.45, 7) is 0. The Bertz CT molecular complexity index is 465. The molecule has 19 heavy (non-hydrogen) atoms. The Hall–Kier alpha value is -1.89. The van der Waals surface area contributed by atoms with E-state index in [1.165, 1.54) is 6.20 Å². The molecule has 0 saturated heterocycles. The zero-order valence-corrected chi connectivity index (χ0v) is 10.9. The standard InChI is InChI=1S/C12H19N5O2/c1-17(9-4-2-3-5-10(9)18)12-8(11(13)16-19)6-7-14-15-12/h6-7,9-10,18-19H,2-5H2,1H3,(H2,13,16). The number of aliphatic hydroxyl groups is 1. The van der Waals surface area contributed by atoms with Gasteiger partial charge < -0.3 is 20.9 Å². The van der Waals surface area contributed by atoms with Gasteiger partial charge in [-0.3, -0.25) is 0 Å². The van der Waals surface area contributed by atoms with Gasteiger partial charge >= 0.3 is 0 Å². The molecule has 1 heterocycles. The summed E-state index contributed by atoms with van der Waals surface area (Å²) in [7, 11) is 1.84. The van der Waals surface area contributed by atoms with E-state index in [-0.39, 0.29) is 18.0 Å². The van der Waals surface area contributed by atoms with Gasteiger partial charge in [0, 0.05) is 7.05 Å². The van der Waals surface area contributed by atoms with Crippen molar-refractivity contribution in [1.82, 2.24) is 10.2 Å². The second-order valence-electron chi connectivity index (χ2n) is 4.78. The Morgan fingerprint density at radius 1 is 1.47 bits per heavy atom. The van der Waals surface area contributed by atoms with E-state index in [1.807, 2.05) is 11.9 Å². The third kappa shape index (κ3) is 2.76. The van der Waals surface area contributed by atoms with Gasteiger partial charge in [0.1, 0.15) is 0 Å². The summed E-state index contributed by atoms with van der Waals surface area (Å²) in [6, 6.07) is 1.62. The van der Waals surface area contributed by atoms with Crippen LogP contribution in [0, 0.1) is 0 Å². The minimum absolute atomic E-state index is 0.0120. The Morgan fingerprint density at radius 2 is 2.21 bits per heavy atom. The number of aliphatic hydroxyl groups excluding tert-OH is 1. The fraction of sp³-hybridized carbons (Fsp3) is 0.583. The first-order valence-corrected chi connectivity index (χ1v) is 6.35. The first kappa shape index (κ1) is 13.5. The quantitative estimate of drug-likeness (QED) is 0.314. The number of hydrogen-bond donors (Lipinski definition) is 3. The van der Waals surface area contributed by atoms with Crippen LogP contribution in [-0.2, 0) is 0 Å². The van der Waals surface area contributed by atoms with Crippen LogP contribution in [0.4, 0.5) is 5.82 Å². The van der Waals surface area contributed by atoms with Crippen LogP contribution in [0.1, 0.15) is 31.2 Å². The van der Waals surface area contributed by atoms with E-state index in [4.69, 9.17) is 10.9 Å². The summed E-state index contributed by atoms with van der Waals surface area (Å²) in [5, 5.41) is 29.8. The first-order valence-electron chi connectivity index (χ1n) is 6.35. The van der Waals surface area contributed by atoms with E-state index in [0.29, 0.717) is 11.4 Å². The smallest absolute Gasteiger partial charge is 0.173 e. The van der Waals surface area contributed by atoms with Gasteiger partial charge in [-0.2, -0.15) is 5.10 Å². The fourth-order valence-corrected chi connectivity index (χ4v) is 2.54. The minimum atomic E-state index is -0.388. The lowest BCUT2D eigenvalue weighted by atomic mass is 9.91. The summed E-state index contributed by atoms with van der Waals surface area (Å²) in [5.41, 5.74) is 6.15. The first-order chi connectivity index (χ1) is 9.15. The summed E-state index contributed by atoms with van der Waals surface area (Å²) in [4.78, 5) is 1.87. The maximum atomic E-state index is 10.1. The number of anilines is 1. The highest BCUT2D eigenvalue weighted by atomic mass is 16.4. The molecule has 0 aromatic carbocycles. The number of oxime groups is 1. The second-order valence-corrected chi connectivity index (χ2v) is 4.78. The summed E-state index contributed by atoms with van der Waals surface area (Å²) < 4.78 is 0. The lowest BCUT2D eigenvalue weighted by Crippen LogP contribution is -2.44. The molecule has 104 valence electrons. The van der Waals surface area contributed by atoms with Crippen molar-refractivity contribution in [3.63, 3.8) is 0 Å². The van der Waals surface area contributed by atoms with Crippen molar-refractivity contribution in [1.29, 1.82) is 0 Å². The average Bonchev–Trinajstić information content (AvgIpc) is 2.46. The van der Waals surface area contributed by atoms with Crippen LogP contribution in [0.5, 0.6) is 0 Å². The number of likely N-dealkylation sites (N-methyl/N-ethyl adjacent to an activating group) is 1. The number of nitrogens with two attached hydrogens (primary N) is 1. The lowest BCUT2D eigenvalue weighted by Gasteiger charge is -2.36. The van der Waals surface area contributed by atoms with Crippen molar-refractivity contribution < 1.29 is 10.3 Å². The van der Waals surface area contributed by atoms with Crippen LogP contribution in [0.15, 0.2) is 17.4 Å². The Kier molecular flexibility index (Phi) is 4.16. The van der Waals surface area contributed by atoms with Gasteiger partial charge in [0.05, 0.1) is 23.9 Å². The topological polar surface area (TPSA) is 108 Å². The third-order valence-corrected chi connectivity index (χ3v) is 3.61. The zero-order valence-electron chi connectivity index (χ0n) is 10.9. The number of hydrogen-bond acceptors (Lipinski definition) is 6. The third-order valence-electron chi connectivity index (χ3n) is 3.61. The molecule has 7 nitrogen and oxygen atoms in total. The lowest BCUT2D eigenvalue weighted by molar-refractivity contribution is 0.106. The maximum Gasteiger partial charge on any atom is 0.173 e. The normalized spacial score (nSPS) is 24.2. The summed E-state index contributed by atoms with van der Waals surface area (Å²) in [6.07, 6.45) is 4.89. The summed E-state index contributed by atoms with van der Waals surface area (Å²) in [5.74, 6) is 0.505. The van der Waals surface area contributed by atoms with Gasteiger partial charge in [-0.15, -0.1) is 5.10 Å². The largest absolute Gasteiger partial charge is 0.409 e. The molecule has 1 aromatic rings. The van der Waals surface area contributed by atoms with Crippen LogP contribution in [0.3, 0.4) is 0 Å². The van der Waals surface area contributed by atoms with E-state index < -0.39 is 0 Å². The predicted molar refractivity (Wildman–Crippen MR) is 71.2 cm³/mol. The maximum absolute atomic E-state index is 10.1. The van der Waals surface area contributed by atoms with E-state index in [0.717, 1.165) is 25.7 Å². The van der Waals surface area contributed by atoms with Crippen molar-refractivity contribution in [2.75, 3.05) is 11.9 Å². The molecule has 1 aliphatic carbocycles. The molecule has 2 unspecified atom stereocenters. The second kappa shape index (κ2) is 5.83. The molecule has 2 rings (SSSR count).